The Hall–Kier alpha value is -4.24. The van der Waals surface area contributed by atoms with E-state index in [0.717, 1.165) is 64.2 Å². The van der Waals surface area contributed by atoms with Gasteiger partial charge in [0.2, 0.25) is 29.5 Å². The molecule has 1 aliphatic rings. The molecule has 1 saturated heterocycles. The van der Waals surface area contributed by atoms with Crippen LogP contribution in [0.5, 0.6) is 0 Å². The number of unbranched alkanes of at least 4 members (excludes halogenated alkanes) is 14. The Morgan fingerprint density at radius 1 is 0.560 bits per heavy atom. The summed E-state index contributed by atoms with van der Waals surface area (Å²) >= 11 is 0. The van der Waals surface area contributed by atoms with Crippen molar-refractivity contribution in [3.8, 4) is 0 Å². The molecule has 0 bridgehead atoms. The predicted molar refractivity (Wildman–Crippen MR) is 287 cm³/mol. The van der Waals surface area contributed by atoms with Crippen molar-refractivity contribution in [2.24, 2.45) is 5.41 Å². The van der Waals surface area contributed by atoms with Gasteiger partial charge in [0.15, 0.2) is 5.78 Å². The zero-order chi connectivity index (χ0) is 55.9. The molecule has 0 aromatic rings. The van der Waals surface area contributed by atoms with Gasteiger partial charge in [-0.2, -0.15) is 0 Å². The molecule has 1 fully saturated rings. The van der Waals surface area contributed by atoms with Gasteiger partial charge in [0.25, 0.3) is 0 Å². The molecule has 3 atom stereocenters. The number of hydrogen-bond acceptors (Lipinski definition) is 13. The number of carbonyl (C=O) groups excluding carboxylic acids is 6. The maximum atomic E-state index is 13.1. The number of hydrogen-bond donors (Lipinski definition) is 6. The maximum Gasteiger partial charge on any atom is 0.326 e. The standard InChI is InChI=1S/C55H100N6O14/c1-54(2,3)51(68)44(60(7)55(4,5)6)25-22-23-31-56-47(63)41-74-39-37-72-35-32-57-48(64)42-75-40-38-73-36-33-58-52(69)45-26-24-34-61(45)49(65)30-29-43(53(70)71)59-46(62)27-20-18-16-14-12-10-8-9-11-13-15-17-19-21-28-50(66)67/h43-45H,8-42H2,1-7H3,(H,56,63)(H,57,64)(H,58,69)(H,59,62)(H,66,67)(H,70,71)/t43-,44?,45-/m0/s1. The fourth-order valence-electron chi connectivity index (χ4n) is 8.61. The molecule has 0 saturated carbocycles. The molecular weight excluding hydrogens is 969 g/mol. The van der Waals surface area contributed by atoms with E-state index in [9.17, 15) is 43.5 Å². The number of carboxylic acids is 2. The van der Waals surface area contributed by atoms with Gasteiger partial charge in [-0.1, -0.05) is 97.8 Å². The van der Waals surface area contributed by atoms with Gasteiger partial charge in [0, 0.05) is 56.4 Å². The molecule has 1 heterocycles. The third kappa shape index (κ3) is 34.9. The quantitative estimate of drug-likeness (QED) is 0.0385. The van der Waals surface area contributed by atoms with Crippen LogP contribution in [0, 0.1) is 5.41 Å². The largest absolute Gasteiger partial charge is 0.481 e. The molecule has 0 aliphatic carbocycles. The van der Waals surface area contributed by atoms with E-state index in [1.165, 1.54) is 43.4 Å². The Kier molecular flexibility index (Phi) is 37.5. The predicted octanol–water partition coefficient (Wildman–Crippen LogP) is 5.95. The molecule has 1 aliphatic heterocycles. The smallest absolute Gasteiger partial charge is 0.326 e. The van der Waals surface area contributed by atoms with Crippen molar-refractivity contribution in [1.82, 2.24) is 31.1 Å². The molecule has 75 heavy (non-hydrogen) atoms. The van der Waals surface area contributed by atoms with Gasteiger partial charge in [-0.3, -0.25) is 38.5 Å². The molecule has 1 unspecified atom stereocenters. The lowest BCUT2D eigenvalue weighted by Crippen LogP contribution is -2.51. The first-order valence-corrected chi connectivity index (χ1v) is 28.1. The molecular formula is C55H100N6O14. The first-order valence-electron chi connectivity index (χ1n) is 28.1. The minimum atomic E-state index is -1.21. The lowest BCUT2D eigenvalue weighted by atomic mass is 9.83. The molecule has 5 amide bonds. The Morgan fingerprint density at radius 3 is 1.53 bits per heavy atom. The number of Topliss-reactive ketones (excluding diaryl/α,β-unsaturated/α-hetero) is 1. The molecule has 0 radical (unpaired) electrons. The van der Waals surface area contributed by atoms with E-state index in [-0.39, 0.29) is 139 Å². The highest BCUT2D eigenvalue weighted by Gasteiger charge is 2.36. The van der Waals surface area contributed by atoms with Crippen LogP contribution in [-0.2, 0) is 57.3 Å². The monoisotopic (exact) mass is 1070 g/mol. The van der Waals surface area contributed by atoms with E-state index < -0.39 is 29.4 Å². The lowest BCUT2D eigenvalue weighted by Gasteiger charge is -2.40. The summed E-state index contributed by atoms with van der Waals surface area (Å²) in [6.07, 6.45) is 18.6. The van der Waals surface area contributed by atoms with E-state index in [2.05, 4.69) is 46.9 Å². The van der Waals surface area contributed by atoms with Gasteiger partial charge in [-0.05, 0) is 79.2 Å². The third-order valence-corrected chi connectivity index (χ3v) is 13.3. The zero-order valence-corrected chi connectivity index (χ0v) is 47.2. The Bertz CT molecular complexity index is 1650. The number of carboxylic acid groups (broad SMARTS) is 2. The maximum absolute atomic E-state index is 13.1. The molecule has 20 heteroatoms. The molecule has 0 aromatic heterocycles. The number of amides is 5. The highest BCUT2D eigenvalue weighted by molar-refractivity contribution is 5.89. The average Bonchev–Trinajstić information content (AvgIpc) is 3.85. The van der Waals surface area contributed by atoms with Crippen molar-refractivity contribution in [3.63, 3.8) is 0 Å². The SMILES string of the molecule is CN(C(CCCCNC(=O)COCCOCCNC(=O)COCCOCCNC(=O)[C@@H]1CCCN1C(=O)CC[C@H](NC(=O)CCCCCCCCCCCCCCCCC(=O)O)C(=O)O)C(=O)C(C)(C)C)C(C)(C)C. The number of likely N-dealkylation sites (tertiary alicyclic amines) is 1. The van der Waals surface area contributed by atoms with E-state index in [1.807, 2.05) is 27.8 Å². The molecule has 20 nitrogen and oxygen atoms in total. The normalized spacial score (nSPS) is 14.6. The Labute approximate surface area is 448 Å². The van der Waals surface area contributed by atoms with Crippen molar-refractivity contribution in [2.45, 2.75) is 213 Å². The number of nitrogens with one attached hydrogen (secondary N) is 4. The van der Waals surface area contributed by atoms with Crippen LogP contribution in [-0.4, -0.2) is 177 Å². The number of likely N-dealkylation sites (N-methyl/N-ethyl adjacent to an activating group) is 1. The summed E-state index contributed by atoms with van der Waals surface area (Å²) in [5, 5.41) is 29.3. The van der Waals surface area contributed by atoms with Gasteiger partial charge in [0.1, 0.15) is 25.3 Å². The van der Waals surface area contributed by atoms with Crippen LogP contribution < -0.4 is 21.3 Å². The van der Waals surface area contributed by atoms with E-state index >= 15 is 0 Å². The third-order valence-electron chi connectivity index (χ3n) is 13.3. The van der Waals surface area contributed by atoms with Crippen LogP contribution in [0.3, 0.4) is 0 Å². The van der Waals surface area contributed by atoms with Crippen LogP contribution in [0.4, 0.5) is 0 Å². The fourth-order valence-corrected chi connectivity index (χ4v) is 8.61. The Balaban J connectivity index is 2.08. The second kappa shape index (κ2) is 40.9. The van der Waals surface area contributed by atoms with Gasteiger partial charge in [0.05, 0.1) is 45.7 Å². The topological polar surface area (TPSA) is 269 Å². The number of rotatable bonds is 46. The summed E-state index contributed by atoms with van der Waals surface area (Å²) in [5.41, 5.74) is -0.578. The molecule has 0 spiro atoms. The van der Waals surface area contributed by atoms with E-state index in [4.69, 9.17) is 24.1 Å². The van der Waals surface area contributed by atoms with Crippen LogP contribution in [0.25, 0.3) is 0 Å². The minimum Gasteiger partial charge on any atom is -0.481 e. The van der Waals surface area contributed by atoms with E-state index in [0.29, 0.717) is 32.4 Å². The van der Waals surface area contributed by atoms with Gasteiger partial charge < -0.3 is 55.3 Å². The number of aliphatic carboxylic acids is 2. The van der Waals surface area contributed by atoms with Crippen LogP contribution >= 0.6 is 0 Å². The second-order valence-corrected chi connectivity index (χ2v) is 21.8. The zero-order valence-electron chi connectivity index (χ0n) is 47.2. The first kappa shape index (κ1) is 68.8. The summed E-state index contributed by atoms with van der Waals surface area (Å²) in [6, 6.07) is -2.06. The van der Waals surface area contributed by atoms with Crippen molar-refractivity contribution < 1.29 is 67.5 Å². The number of nitrogens with zero attached hydrogens (tertiary/aromatic N) is 2. The number of carbonyl (C=O) groups is 8. The highest BCUT2D eigenvalue weighted by atomic mass is 16.5. The van der Waals surface area contributed by atoms with Gasteiger partial charge in [-0.15, -0.1) is 0 Å². The van der Waals surface area contributed by atoms with Crippen molar-refractivity contribution in [3.05, 3.63) is 0 Å². The molecule has 434 valence electrons. The summed E-state index contributed by atoms with van der Waals surface area (Å²) in [6.45, 7) is 14.5. The summed E-state index contributed by atoms with van der Waals surface area (Å²) in [5.74, 6) is -3.26. The Morgan fingerprint density at radius 2 is 1.04 bits per heavy atom. The number of ketones is 1. The van der Waals surface area contributed by atoms with Crippen LogP contribution in [0.15, 0.2) is 0 Å². The summed E-state index contributed by atoms with van der Waals surface area (Å²) < 4.78 is 21.7. The molecule has 6 N–H and O–H groups in total. The van der Waals surface area contributed by atoms with Crippen molar-refractivity contribution >= 4 is 47.3 Å². The van der Waals surface area contributed by atoms with Crippen LogP contribution in [0.1, 0.15) is 189 Å². The summed E-state index contributed by atoms with van der Waals surface area (Å²) in [7, 11) is 1.99. The lowest BCUT2D eigenvalue weighted by molar-refractivity contribution is -0.143. The average molecular weight is 1070 g/mol. The molecule has 1 rings (SSSR count). The van der Waals surface area contributed by atoms with E-state index in [1.54, 1.807) is 0 Å². The minimum absolute atomic E-state index is 0.0755. The number of ether oxygens (including phenoxy) is 4. The van der Waals surface area contributed by atoms with Crippen molar-refractivity contribution in [2.75, 3.05) is 86.1 Å². The highest BCUT2D eigenvalue weighted by Crippen LogP contribution is 2.27. The van der Waals surface area contributed by atoms with Gasteiger partial charge >= 0.3 is 11.9 Å². The summed E-state index contributed by atoms with van der Waals surface area (Å²) in [4.78, 5) is 102. The van der Waals surface area contributed by atoms with Crippen molar-refractivity contribution in [1.29, 1.82) is 0 Å². The fraction of sp³-hybridized carbons (Fsp3) is 0.855. The first-order chi connectivity index (χ1) is 35.6. The van der Waals surface area contributed by atoms with Crippen LogP contribution in [0.2, 0.25) is 0 Å². The van der Waals surface area contributed by atoms with Gasteiger partial charge in [-0.25, -0.2) is 4.79 Å². The molecule has 0 aromatic carbocycles. The second-order valence-electron chi connectivity index (χ2n) is 21.8.